The number of fused-ring (bicyclic) bond motifs is 1. The highest BCUT2D eigenvalue weighted by Crippen LogP contribution is 2.24. The maximum atomic E-state index is 13.3. The zero-order chi connectivity index (χ0) is 12.7. The summed E-state index contributed by atoms with van der Waals surface area (Å²) in [6.45, 7) is 1.87. The molecule has 0 saturated carbocycles. The van der Waals surface area contributed by atoms with Crippen LogP contribution in [0.1, 0.15) is 5.69 Å². The Morgan fingerprint density at radius 1 is 1.28 bits per heavy atom. The molecular formula is C13H11FN4. The molecule has 0 radical (unpaired) electrons. The first-order valence-corrected chi connectivity index (χ1v) is 5.51. The van der Waals surface area contributed by atoms with Crippen LogP contribution in [0.25, 0.3) is 17.0 Å². The van der Waals surface area contributed by atoms with Gasteiger partial charge in [-0.15, -0.1) is 0 Å². The predicted molar refractivity (Wildman–Crippen MR) is 67.5 cm³/mol. The maximum absolute atomic E-state index is 13.3. The van der Waals surface area contributed by atoms with E-state index in [2.05, 4.69) is 9.97 Å². The van der Waals surface area contributed by atoms with Gasteiger partial charge in [-0.05, 0) is 31.2 Å². The SMILES string of the molecule is Cc1nc2ccc(F)cn2c1-c1cc(N)ccn1. The number of pyridine rings is 2. The minimum atomic E-state index is -0.315. The van der Waals surface area contributed by atoms with Crippen molar-refractivity contribution in [1.82, 2.24) is 14.4 Å². The van der Waals surface area contributed by atoms with Gasteiger partial charge in [0.05, 0.1) is 17.1 Å². The first-order valence-electron chi connectivity index (χ1n) is 5.51. The molecule has 0 aliphatic rings. The van der Waals surface area contributed by atoms with Gasteiger partial charge in [0.25, 0.3) is 0 Å². The number of nitrogens with zero attached hydrogens (tertiary/aromatic N) is 3. The molecular weight excluding hydrogens is 231 g/mol. The molecule has 0 aromatic carbocycles. The fourth-order valence-corrected chi connectivity index (χ4v) is 2.02. The summed E-state index contributed by atoms with van der Waals surface area (Å²) >= 11 is 0. The molecule has 0 spiro atoms. The van der Waals surface area contributed by atoms with Gasteiger partial charge >= 0.3 is 0 Å². The molecule has 2 N–H and O–H groups in total. The van der Waals surface area contributed by atoms with Crippen molar-refractivity contribution in [3.05, 3.63) is 48.2 Å². The molecule has 0 amide bonds. The Morgan fingerprint density at radius 2 is 2.11 bits per heavy atom. The normalized spacial score (nSPS) is 11.0. The second-order valence-electron chi connectivity index (χ2n) is 4.10. The third kappa shape index (κ3) is 1.60. The molecule has 0 atom stereocenters. The number of rotatable bonds is 1. The molecule has 5 heteroatoms. The average Bonchev–Trinajstić information content (AvgIpc) is 2.64. The van der Waals surface area contributed by atoms with Gasteiger partial charge in [-0.2, -0.15) is 0 Å². The fraction of sp³-hybridized carbons (Fsp3) is 0.0769. The van der Waals surface area contributed by atoms with Crippen molar-refractivity contribution >= 4 is 11.3 Å². The summed E-state index contributed by atoms with van der Waals surface area (Å²) in [5, 5.41) is 0. The first kappa shape index (κ1) is 10.7. The van der Waals surface area contributed by atoms with Crippen LogP contribution in [0.3, 0.4) is 0 Å². The fourth-order valence-electron chi connectivity index (χ4n) is 2.02. The molecule has 4 nitrogen and oxygen atoms in total. The number of nitrogen functional groups attached to an aromatic ring is 1. The van der Waals surface area contributed by atoms with Crippen LogP contribution in [-0.2, 0) is 0 Å². The molecule has 0 saturated heterocycles. The van der Waals surface area contributed by atoms with Gasteiger partial charge in [-0.3, -0.25) is 9.38 Å². The molecule has 90 valence electrons. The molecule has 0 bridgehead atoms. The summed E-state index contributed by atoms with van der Waals surface area (Å²) in [5.74, 6) is -0.315. The van der Waals surface area contributed by atoms with E-state index < -0.39 is 0 Å². The Balaban J connectivity index is 2.34. The molecule has 3 heterocycles. The van der Waals surface area contributed by atoms with E-state index >= 15 is 0 Å². The molecule has 3 rings (SSSR count). The predicted octanol–water partition coefficient (Wildman–Crippen LogP) is 2.43. The first-order chi connectivity index (χ1) is 8.65. The lowest BCUT2D eigenvalue weighted by atomic mass is 10.2. The Hall–Kier alpha value is -2.43. The highest BCUT2D eigenvalue weighted by Gasteiger charge is 2.12. The molecule has 3 aromatic heterocycles. The maximum Gasteiger partial charge on any atom is 0.139 e. The standard InChI is InChI=1S/C13H11FN4/c1-8-13(11-6-10(15)4-5-16-11)18-7-9(14)2-3-12(18)17-8/h2-7H,1H3,(H2,15,16). The number of aromatic nitrogens is 3. The number of imidazole rings is 1. The van der Waals surface area contributed by atoms with Crippen molar-refractivity contribution in [3.8, 4) is 11.4 Å². The Labute approximate surface area is 103 Å². The van der Waals surface area contributed by atoms with Crippen molar-refractivity contribution in [2.24, 2.45) is 0 Å². The van der Waals surface area contributed by atoms with Crippen LogP contribution in [-0.4, -0.2) is 14.4 Å². The van der Waals surface area contributed by atoms with Crippen LogP contribution >= 0.6 is 0 Å². The Bertz CT molecular complexity index is 733. The second-order valence-corrected chi connectivity index (χ2v) is 4.10. The van der Waals surface area contributed by atoms with Crippen LogP contribution in [0.2, 0.25) is 0 Å². The van der Waals surface area contributed by atoms with Gasteiger partial charge in [0.2, 0.25) is 0 Å². The Morgan fingerprint density at radius 3 is 2.89 bits per heavy atom. The molecule has 0 fully saturated rings. The van der Waals surface area contributed by atoms with E-state index in [9.17, 15) is 4.39 Å². The molecule has 0 aliphatic heterocycles. The highest BCUT2D eigenvalue weighted by atomic mass is 19.1. The van der Waals surface area contributed by atoms with Crippen LogP contribution in [0.4, 0.5) is 10.1 Å². The van der Waals surface area contributed by atoms with Crippen molar-refractivity contribution in [2.75, 3.05) is 5.73 Å². The lowest BCUT2D eigenvalue weighted by Crippen LogP contribution is -1.94. The summed E-state index contributed by atoms with van der Waals surface area (Å²) in [7, 11) is 0. The minimum Gasteiger partial charge on any atom is -0.399 e. The number of hydrogen-bond acceptors (Lipinski definition) is 3. The van der Waals surface area contributed by atoms with Gasteiger partial charge in [-0.25, -0.2) is 9.37 Å². The summed E-state index contributed by atoms with van der Waals surface area (Å²) in [4.78, 5) is 8.64. The van der Waals surface area contributed by atoms with E-state index in [0.29, 0.717) is 17.0 Å². The van der Waals surface area contributed by atoms with E-state index in [1.807, 2.05) is 6.92 Å². The zero-order valence-corrected chi connectivity index (χ0v) is 9.76. The average molecular weight is 242 g/mol. The summed E-state index contributed by atoms with van der Waals surface area (Å²) in [6.07, 6.45) is 3.03. The quantitative estimate of drug-likeness (QED) is 0.713. The molecule has 0 aliphatic carbocycles. The topological polar surface area (TPSA) is 56.2 Å². The van der Waals surface area contributed by atoms with Gasteiger partial charge in [0.15, 0.2) is 0 Å². The van der Waals surface area contributed by atoms with Crippen molar-refractivity contribution in [1.29, 1.82) is 0 Å². The third-order valence-electron chi connectivity index (χ3n) is 2.78. The van der Waals surface area contributed by atoms with Gasteiger partial charge in [0, 0.05) is 18.1 Å². The number of halogens is 1. The second kappa shape index (κ2) is 3.80. The summed E-state index contributed by atoms with van der Waals surface area (Å²) < 4.78 is 15.0. The summed E-state index contributed by atoms with van der Waals surface area (Å²) in [6, 6.07) is 6.49. The van der Waals surface area contributed by atoms with Crippen LogP contribution in [0.5, 0.6) is 0 Å². The lowest BCUT2D eigenvalue weighted by Gasteiger charge is -2.03. The molecule has 3 aromatic rings. The minimum absolute atomic E-state index is 0.315. The van der Waals surface area contributed by atoms with Crippen LogP contribution < -0.4 is 5.73 Å². The van der Waals surface area contributed by atoms with E-state index in [1.54, 1.807) is 28.8 Å². The van der Waals surface area contributed by atoms with Crippen molar-refractivity contribution in [3.63, 3.8) is 0 Å². The molecule has 0 unspecified atom stereocenters. The van der Waals surface area contributed by atoms with E-state index in [1.165, 1.54) is 12.3 Å². The number of nitrogens with two attached hydrogens (primary N) is 1. The zero-order valence-electron chi connectivity index (χ0n) is 9.76. The van der Waals surface area contributed by atoms with Crippen molar-refractivity contribution in [2.45, 2.75) is 6.92 Å². The third-order valence-corrected chi connectivity index (χ3v) is 2.78. The van der Waals surface area contributed by atoms with E-state index in [0.717, 1.165) is 11.4 Å². The van der Waals surface area contributed by atoms with E-state index in [-0.39, 0.29) is 5.82 Å². The number of aryl methyl sites for hydroxylation is 1. The number of hydrogen-bond donors (Lipinski definition) is 1. The lowest BCUT2D eigenvalue weighted by molar-refractivity contribution is 0.619. The smallest absolute Gasteiger partial charge is 0.139 e. The monoisotopic (exact) mass is 242 g/mol. The van der Waals surface area contributed by atoms with Gasteiger partial charge in [-0.1, -0.05) is 0 Å². The molecule has 18 heavy (non-hydrogen) atoms. The number of anilines is 1. The van der Waals surface area contributed by atoms with E-state index in [4.69, 9.17) is 5.73 Å². The van der Waals surface area contributed by atoms with Gasteiger partial charge < -0.3 is 5.73 Å². The van der Waals surface area contributed by atoms with Crippen LogP contribution in [0.15, 0.2) is 36.7 Å². The van der Waals surface area contributed by atoms with Gasteiger partial charge in [0.1, 0.15) is 11.5 Å². The summed E-state index contributed by atoms with van der Waals surface area (Å²) in [5.41, 5.74) is 9.29. The highest BCUT2D eigenvalue weighted by molar-refractivity contribution is 5.66. The van der Waals surface area contributed by atoms with Crippen LogP contribution in [0, 0.1) is 12.7 Å². The van der Waals surface area contributed by atoms with Crippen molar-refractivity contribution < 1.29 is 4.39 Å². The largest absolute Gasteiger partial charge is 0.399 e. The Kier molecular flexibility index (Phi) is 2.26.